The number of hydrazone groups is 1. The van der Waals surface area contributed by atoms with Gasteiger partial charge in [-0.15, -0.1) is 0 Å². The Morgan fingerprint density at radius 1 is 1.04 bits per heavy atom. The minimum Gasteiger partial charge on any atom is -0.496 e. The lowest BCUT2D eigenvalue weighted by atomic mass is 10.1. The summed E-state index contributed by atoms with van der Waals surface area (Å²) in [5.74, 6) is 0.133. The first-order valence-corrected chi connectivity index (χ1v) is 8.32. The molecule has 2 amide bonds. The van der Waals surface area contributed by atoms with Crippen molar-refractivity contribution in [1.29, 1.82) is 0 Å². The monoisotopic (exact) mass is 353 g/mol. The molecule has 0 spiro atoms. The molecule has 0 atom stereocenters. The third-order valence-electron chi connectivity index (χ3n) is 3.99. The van der Waals surface area contributed by atoms with Crippen LogP contribution in [0.25, 0.3) is 0 Å². The SMILES string of the molecule is COc1ccccc1/C=N/NC(=O)CCC(=O)Nc1cccc(C)c1C. The maximum Gasteiger partial charge on any atom is 0.240 e. The Balaban J connectivity index is 1.80. The highest BCUT2D eigenvalue weighted by Crippen LogP contribution is 2.18. The van der Waals surface area contributed by atoms with Crippen LogP contribution in [-0.2, 0) is 9.59 Å². The van der Waals surface area contributed by atoms with Crippen LogP contribution >= 0.6 is 0 Å². The molecule has 0 fully saturated rings. The number of carbonyl (C=O) groups excluding carboxylic acids is 2. The number of para-hydroxylation sites is 1. The molecule has 0 saturated heterocycles. The molecule has 0 heterocycles. The van der Waals surface area contributed by atoms with E-state index in [4.69, 9.17) is 4.74 Å². The van der Waals surface area contributed by atoms with E-state index in [0.717, 1.165) is 22.4 Å². The molecule has 2 N–H and O–H groups in total. The van der Waals surface area contributed by atoms with Gasteiger partial charge in [0, 0.05) is 24.1 Å². The zero-order valence-electron chi connectivity index (χ0n) is 15.2. The number of anilines is 1. The van der Waals surface area contributed by atoms with Gasteiger partial charge in [0.1, 0.15) is 5.75 Å². The largest absolute Gasteiger partial charge is 0.496 e. The van der Waals surface area contributed by atoms with Gasteiger partial charge in [0.15, 0.2) is 0 Å². The van der Waals surface area contributed by atoms with Crippen molar-refractivity contribution in [2.75, 3.05) is 12.4 Å². The number of aryl methyl sites for hydroxylation is 1. The van der Waals surface area contributed by atoms with E-state index in [2.05, 4.69) is 15.8 Å². The average Bonchev–Trinajstić information content (AvgIpc) is 2.64. The summed E-state index contributed by atoms with van der Waals surface area (Å²) in [7, 11) is 1.57. The maximum atomic E-state index is 12.0. The number of hydrogen-bond acceptors (Lipinski definition) is 4. The Bertz CT molecular complexity index is 816. The summed E-state index contributed by atoms with van der Waals surface area (Å²) in [6.07, 6.45) is 1.65. The fourth-order valence-corrected chi connectivity index (χ4v) is 2.33. The molecule has 6 heteroatoms. The molecule has 0 aliphatic heterocycles. The van der Waals surface area contributed by atoms with Crippen molar-refractivity contribution in [3.05, 3.63) is 59.2 Å². The number of carbonyl (C=O) groups is 2. The van der Waals surface area contributed by atoms with Crippen molar-refractivity contribution in [1.82, 2.24) is 5.43 Å². The Morgan fingerprint density at radius 3 is 2.54 bits per heavy atom. The second-order valence-corrected chi connectivity index (χ2v) is 5.83. The number of methoxy groups -OCH3 is 1. The fourth-order valence-electron chi connectivity index (χ4n) is 2.33. The maximum absolute atomic E-state index is 12.0. The molecule has 2 aromatic carbocycles. The van der Waals surface area contributed by atoms with Gasteiger partial charge in [-0.3, -0.25) is 9.59 Å². The number of rotatable bonds is 7. The van der Waals surface area contributed by atoms with E-state index in [-0.39, 0.29) is 24.7 Å². The zero-order chi connectivity index (χ0) is 18.9. The van der Waals surface area contributed by atoms with E-state index in [1.165, 1.54) is 6.21 Å². The van der Waals surface area contributed by atoms with Crippen LogP contribution in [0.3, 0.4) is 0 Å². The molecular formula is C20H23N3O3. The Hall–Kier alpha value is -3.15. The Labute approximate surface area is 153 Å². The van der Waals surface area contributed by atoms with Gasteiger partial charge in [-0.2, -0.15) is 5.10 Å². The first kappa shape index (κ1) is 19.2. The van der Waals surface area contributed by atoms with Gasteiger partial charge in [0.05, 0.1) is 13.3 Å². The molecule has 2 rings (SSSR count). The second-order valence-electron chi connectivity index (χ2n) is 5.83. The highest BCUT2D eigenvalue weighted by atomic mass is 16.5. The van der Waals surface area contributed by atoms with E-state index in [0.29, 0.717) is 5.75 Å². The summed E-state index contributed by atoms with van der Waals surface area (Å²) >= 11 is 0. The molecule has 136 valence electrons. The van der Waals surface area contributed by atoms with Crippen LogP contribution in [0.15, 0.2) is 47.6 Å². The van der Waals surface area contributed by atoms with Crippen LogP contribution in [0.1, 0.15) is 29.5 Å². The minimum atomic E-state index is -0.327. The predicted molar refractivity (Wildman–Crippen MR) is 103 cm³/mol. The molecule has 0 radical (unpaired) electrons. The van der Waals surface area contributed by atoms with E-state index in [9.17, 15) is 9.59 Å². The average molecular weight is 353 g/mol. The van der Waals surface area contributed by atoms with Gasteiger partial charge < -0.3 is 10.1 Å². The molecule has 0 aliphatic rings. The molecular weight excluding hydrogens is 330 g/mol. The number of ether oxygens (including phenoxy) is 1. The number of benzene rings is 2. The third-order valence-corrected chi connectivity index (χ3v) is 3.99. The van der Waals surface area contributed by atoms with Crippen molar-refractivity contribution in [3.63, 3.8) is 0 Å². The third kappa shape index (κ3) is 5.44. The fraction of sp³-hybridized carbons (Fsp3) is 0.250. The van der Waals surface area contributed by atoms with E-state index < -0.39 is 0 Å². The van der Waals surface area contributed by atoms with Gasteiger partial charge in [-0.25, -0.2) is 5.43 Å². The molecule has 26 heavy (non-hydrogen) atoms. The molecule has 0 aromatic heterocycles. The van der Waals surface area contributed by atoms with Crippen molar-refractivity contribution in [2.45, 2.75) is 26.7 Å². The van der Waals surface area contributed by atoms with Crippen LogP contribution < -0.4 is 15.5 Å². The van der Waals surface area contributed by atoms with Gasteiger partial charge in [-0.05, 0) is 43.2 Å². The lowest BCUT2D eigenvalue weighted by molar-refractivity contribution is -0.124. The Morgan fingerprint density at radius 2 is 1.77 bits per heavy atom. The van der Waals surface area contributed by atoms with Crippen LogP contribution in [0.2, 0.25) is 0 Å². The summed E-state index contributed by atoms with van der Waals surface area (Å²) in [5.41, 5.74) is 6.06. The quantitative estimate of drug-likeness (QED) is 0.593. The molecule has 0 saturated carbocycles. The molecule has 0 unspecified atom stereocenters. The van der Waals surface area contributed by atoms with Crippen molar-refractivity contribution in [3.8, 4) is 5.75 Å². The summed E-state index contributed by atoms with van der Waals surface area (Å²) in [6.45, 7) is 3.93. The normalized spacial score (nSPS) is 10.6. The van der Waals surface area contributed by atoms with E-state index in [1.54, 1.807) is 13.2 Å². The predicted octanol–water partition coefficient (Wildman–Crippen LogP) is 3.18. The summed E-state index contributed by atoms with van der Waals surface area (Å²) in [4.78, 5) is 23.8. The lowest BCUT2D eigenvalue weighted by Gasteiger charge is -2.10. The highest BCUT2D eigenvalue weighted by molar-refractivity contribution is 5.94. The summed E-state index contributed by atoms with van der Waals surface area (Å²) in [6, 6.07) is 13.0. The van der Waals surface area contributed by atoms with Gasteiger partial charge in [-0.1, -0.05) is 24.3 Å². The summed E-state index contributed by atoms with van der Waals surface area (Å²) < 4.78 is 5.20. The van der Waals surface area contributed by atoms with Gasteiger partial charge >= 0.3 is 0 Å². The molecule has 0 aliphatic carbocycles. The van der Waals surface area contributed by atoms with Crippen molar-refractivity contribution >= 4 is 23.7 Å². The summed E-state index contributed by atoms with van der Waals surface area (Å²) in [5, 5.41) is 6.73. The lowest BCUT2D eigenvalue weighted by Crippen LogP contribution is -2.21. The van der Waals surface area contributed by atoms with Crippen molar-refractivity contribution < 1.29 is 14.3 Å². The molecule has 2 aromatic rings. The van der Waals surface area contributed by atoms with Gasteiger partial charge in [0.2, 0.25) is 11.8 Å². The standard InChI is InChI=1S/C20H23N3O3/c1-14-7-6-9-17(15(14)2)22-19(24)11-12-20(25)23-21-13-16-8-4-5-10-18(16)26-3/h4-10,13H,11-12H2,1-3H3,(H,22,24)(H,23,25)/b21-13+. The zero-order valence-corrected chi connectivity index (χ0v) is 15.2. The Kier molecular flexibility index (Phi) is 6.91. The van der Waals surface area contributed by atoms with E-state index >= 15 is 0 Å². The van der Waals surface area contributed by atoms with Gasteiger partial charge in [0.25, 0.3) is 0 Å². The smallest absolute Gasteiger partial charge is 0.240 e. The topological polar surface area (TPSA) is 79.8 Å². The second kappa shape index (κ2) is 9.36. The molecule has 6 nitrogen and oxygen atoms in total. The minimum absolute atomic E-state index is 0.0555. The number of nitrogens with zero attached hydrogens (tertiary/aromatic N) is 1. The van der Waals surface area contributed by atoms with Crippen LogP contribution in [-0.4, -0.2) is 25.1 Å². The van der Waals surface area contributed by atoms with Crippen molar-refractivity contribution in [2.24, 2.45) is 5.10 Å². The van der Waals surface area contributed by atoms with Crippen LogP contribution in [0.4, 0.5) is 5.69 Å². The number of amides is 2. The van der Waals surface area contributed by atoms with Crippen LogP contribution in [0, 0.1) is 13.8 Å². The van der Waals surface area contributed by atoms with Crippen LogP contribution in [0.5, 0.6) is 5.75 Å². The van der Waals surface area contributed by atoms with E-state index in [1.807, 2.05) is 50.2 Å². The number of hydrogen-bond donors (Lipinski definition) is 2. The molecule has 0 bridgehead atoms. The first-order valence-electron chi connectivity index (χ1n) is 8.32. The number of nitrogens with one attached hydrogen (secondary N) is 2. The first-order chi connectivity index (χ1) is 12.5. The highest BCUT2D eigenvalue weighted by Gasteiger charge is 2.09.